The normalized spacial score (nSPS) is 26.6. The Kier molecular flexibility index (Phi) is 16.5. The van der Waals surface area contributed by atoms with Gasteiger partial charge in [-0.15, -0.1) is 0 Å². The number of hydrogen-bond donors (Lipinski definition) is 7. The molecule has 1 amide bonds. The van der Waals surface area contributed by atoms with Crippen LogP contribution < -0.4 is 20.4 Å². The Morgan fingerprint density at radius 3 is 2.21 bits per heavy atom. The van der Waals surface area contributed by atoms with Crippen LogP contribution in [-0.2, 0) is 30.3 Å². The monoisotopic (exact) mass is 1110 g/mol. The summed E-state index contributed by atoms with van der Waals surface area (Å²) in [5, 5.41) is 71.0. The van der Waals surface area contributed by atoms with E-state index in [4.69, 9.17) is 18.9 Å². The number of methoxy groups -OCH3 is 1. The first-order valence-electron chi connectivity index (χ1n) is 25.7. The average molecular weight is 1110 g/mol. The quantitative estimate of drug-likeness (QED) is 0.0496. The fourth-order valence-electron chi connectivity index (χ4n) is 10.7. The van der Waals surface area contributed by atoms with Crippen LogP contribution in [0.25, 0.3) is 27.5 Å². The number of nitrogens with one attached hydrogen (secondary N) is 1. The number of allylic oxidation sites excluding steroid dienone is 2. The molecule has 426 valence electrons. The molecule has 4 aliphatic heterocycles. The summed E-state index contributed by atoms with van der Waals surface area (Å²) in [7, 11) is 1.39. The standard InChI is InChI=1S/C57H62F3N5O15/c1-25-11-10-12-26(2)55(74)61-43-34(23-63-16-18-64(19-17-63)54-37(60)22-33-47(70)35(56(75)76)24-65(53(33)62-54)38-14-13-32(58)21-36(38)59)48(71)40-41(49(43)72)46(69)30(6)51-42(40)52(73)57(8,80-51)78-20-15-39(77-9)27(3)50(79-31(7)66)29(5)45(68)28(4)44(25)67/h10-15,20-22,24-25,27-29,39,44-45,50,67-69,71-72H,16-19,23H2,1-9H3,(H,61,74)(H,75,76)/b11-10+,20-15+,26-12-/t25-,27+,28-,29-,39+,44+,45+,50-,57+/m1/s1. The van der Waals surface area contributed by atoms with E-state index in [9.17, 15) is 59.0 Å². The Labute approximate surface area is 456 Å². The third-order valence-electron chi connectivity index (χ3n) is 15.5. The predicted octanol–water partition coefficient (Wildman–Crippen LogP) is 6.89. The number of aromatic carboxylic acids is 1. The fourth-order valence-corrected chi connectivity index (χ4v) is 10.7. The van der Waals surface area contributed by atoms with E-state index in [1.807, 2.05) is 0 Å². The van der Waals surface area contributed by atoms with Gasteiger partial charge in [-0.2, -0.15) is 0 Å². The maximum Gasteiger partial charge on any atom is 0.341 e. The first-order valence-corrected chi connectivity index (χ1v) is 25.7. The summed E-state index contributed by atoms with van der Waals surface area (Å²) in [6.45, 7) is 12.0. The highest BCUT2D eigenvalue weighted by atomic mass is 19.1. The molecule has 80 heavy (non-hydrogen) atoms. The number of aliphatic hydroxyl groups excluding tert-OH is 2. The number of anilines is 2. The number of ketones is 1. The highest BCUT2D eigenvalue weighted by Gasteiger charge is 2.50. The lowest BCUT2D eigenvalue weighted by Crippen LogP contribution is -2.46. The van der Waals surface area contributed by atoms with Crippen LogP contribution >= 0.6 is 0 Å². The number of aromatic nitrogens is 2. The van der Waals surface area contributed by atoms with Crippen LogP contribution in [0.5, 0.6) is 23.0 Å². The van der Waals surface area contributed by atoms with Gasteiger partial charge >= 0.3 is 17.7 Å². The SMILES string of the molecule is CO[C@H]1/C=C/O[C@@]2(C)Oc3c(C)c(O)c4c(O)c(c(CN5CCN(c6nc7c(cc6F)c(=O)c(C(=O)O)cn7-c6ccc(F)cc6F)CC5)c(O)c4c3C2=O)NC(=O)/C(C)=C\C=C\[C@@H](C)[C@H](O)[C@@H](C)[C@H](O)[C@@H](C)[C@H](OC(C)=O)[C@H]1C. The smallest absolute Gasteiger partial charge is 0.341 e. The first kappa shape index (κ1) is 58.2. The number of carboxylic acids is 1. The molecular weight excluding hydrogens is 1050 g/mol. The van der Waals surface area contributed by atoms with E-state index in [2.05, 4.69) is 10.3 Å². The number of phenolic OH excluding ortho intramolecular Hbond substituents is 3. The maximum absolute atomic E-state index is 16.1. The van der Waals surface area contributed by atoms with Crippen LogP contribution in [0.2, 0.25) is 0 Å². The Bertz CT molecular complexity index is 3500. The molecule has 7 N–H and O–H groups in total. The van der Waals surface area contributed by atoms with Crippen molar-refractivity contribution in [3.05, 3.63) is 117 Å². The van der Waals surface area contributed by atoms with E-state index in [0.717, 1.165) is 35.2 Å². The van der Waals surface area contributed by atoms with Crippen molar-refractivity contribution in [3.8, 4) is 28.7 Å². The number of aromatic hydroxyl groups is 3. The molecule has 5 aromatic rings. The number of pyridine rings is 2. The summed E-state index contributed by atoms with van der Waals surface area (Å²) < 4.78 is 70.0. The zero-order valence-corrected chi connectivity index (χ0v) is 45.2. The molecule has 9 atom stereocenters. The number of aliphatic hydroxyl groups is 2. The number of esters is 1. The molecule has 0 unspecified atom stereocenters. The molecule has 1 fully saturated rings. The molecule has 0 radical (unpaired) electrons. The number of rotatable bonds is 7. The van der Waals surface area contributed by atoms with Crippen molar-refractivity contribution >= 4 is 56.9 Å². The van der Waals surface area contributed by atoms with Crippen molar-refractivity contribution in [3.63, 3.8) is 0 Å². The van der Waals surface area contributed by atoms with Crippen molar-refractivity contribution < 1.29 is 81.9 Å². The second kappa shape index (κ2) is 22.6. The number of ether oxygens (including phenoxy) is 4. The summed E-state index contributed by atoms with van der Waals surface area (Å²) in [5.74, 6) is -14.5. The molecule has 2 aromatic heterocycles. The number of piperazine rings is 1. The Morgan fingerprint density at radius 1 is 0.887 bits per heavy atom. The number of fused-ring (bicyclic) bond motifs is 15. The first-order chi connectivity index (χ1) is 37.7. The van der Waals surface area contributed by atoms with Crippen molar-refractivity contribution in [1.82, 2.24) is 14.5 Å². The molecular formula is C57H62F3N5O15. The lowest BCUT2D eigenvalue weighted by molar-refractivity contribution is -0.160. The molecule has 1 saturated heterocycles. The van der Waals surface area contributed by atoms with Gasteiger partial charge in [-0.1, -0.05) is 45.9 Å². The van der Waals surface area contributed by atoms with Crippen LogP contribution in [0.1, 0.15) is 80.3 Å². The molecule has 0 saturated carbocycles. The molecule has 5 bridgehead atoms. The number of nitrogens with zero attached hydrogens (tertiary/aromatic N) is 4. The lowest BCUT2D eigenvalue weighted by atomic mass is 9.78. The van der Waals surface area contributed by atoms with Crippen LogP contribution in [0, 0.1) is 48.0 Å². The molecule has 23 heteroatoms. The fraction of sp³-hybridized carbons (Fsp3) is 0.404. The third-order valence-corrected chi connectivity index (χ3v) is 15.5. The number of carbonyl (C=O) groups is 4. The number of phenols is 3. The Morgan fingerprint density at radius 2 is 1.57 bits per heavy atom. The van der Waals surface area contributed by atoms with Crippen LogP contribution in [0.15, 0.2) is 71.4 Å². The highest BCUT2D eigenvalue weighted by molar-refractivity contribution is 6.22. The van der Waals surface area contributed by atoms with E-state index in [1.165, 1.54) is 57.9 Å². The summed E-state index contributed by atoms with van der Waals surface area (Å²) in [6, 6.07) is 3.26. The van der Waals surface area contributed by atoms with Gasteiger partial charge in [0, 0.05) is 112 Å². The zero-order valence-electron chi connectivity index (χ0n) is 45.2. The summed E-state index contributed by atoms with van der Waals surface area (Å²) in [6.07, 6.45) is 3.76. The molecule has 4 aliphatic rings. The number of hydrogen-bond acceptors (Lipinski definition) is 17. The molecule has 9 rings (SSSR count). The van der Waals surface area contributed by atoms with Crippen LogP contribution in [-0.4, -0.2) is 132 Å². The number of benzene rings is 3. The van der Waals surface area contributed by atoms with Crippen molar-refractivity contribution in [2.45, 2.75) is 92.1 Å². The summed E-state index contributed by atoms with van der Waals surface area (Å²) >= 11 is 0. The van der Waals surface area contributed by atoms with E-state index < -0.39 is 134 Å². The van der Waals surface area contributed by atoms with Gasteiger partial charge in [-0.3, -0.25) is 28.6 Å². The molecule has 0 aliphatic carbocycles. The molecule has 3 aromatic carbocycles. The number of carboxylic acid groups (broad SMARTS) is 1. The molecule has 20 nitrogen and oxygen atoms in total. The summed E-state index contributed by atoms with van der Waals surface area (Å²) in [4.78, 5) is 74.4. The van der Waals surface area contributed by atoms with Crippen LogP contribution in [0.4, 0.5) is 24.7 Å². The van der Waals surface area contributed by atoms with Gasteiger partial charge in [0.15, 0.2) is 23.0 Å². The minimum Gasteiger partial charge on any atom is -0.507 e. The third kappa shape index (κ3) is 10.6. The zero-order chi connectivity index (χ0) is 58.6. The van der Waals surface area contributed by atoms with Crippen molar-refractivity contribution in [2.24, 2.45) is 23.7 Å². The van der Waals surface area contributed by atoms with E-state index in [-0.39, 0.29) is 89.0 Å². The Balaban J connectivity index is 1.20. The van der Waals surface area contributed by atoms with Crippen LogP contribution in [0.3, 0.4) is 0 Å². The van der Waals surface area contributed by atoms with Gasteiger partial charge in [0.2, 0.25) is 5.43 Å². The van der Waals surface area contributed by atoms with E-state index in [0.29, 0.717) is 6.07 Å². The average Bonchev–Trinajstić information content (AvgIpc) is 3.87. The van der Waals surface area contributed by atoms with Gasteiger partial charge in [-0.25, -0.2) is 22.9 Å². The Hall–Kier alpha value is -7.99. The number of halogens is 3. The lowest BCUT2D eigenvalue weighted by Gasteiger charge is -2.38. The molecule has 6 heterocycles. The van der Waals surface area contributed by atoms with Crippen molar-refractivity contribution in [1.29, 1.82) is 0 Å². The topological polar surface area (TPSA) is 280 Å². The predicted molar refractivity (Wildman–Crippen MR) is 285 cm³/mol. The number of amides is 1. The highest BCUT2D eigenvalue weighted by Crippen LogP contribution is 2.55. The maximum atomic E-state index is 16.1. The van der Waals surface area contributed by atoms with Gasteiger partial charge in [0.1, 0.15) is 40.6 Å². The minimum atomic E-state index is -2.17. The minimum absolute atomic E-state index is 0.00407. The van der Waals surface area contributed by atoms with E-state index in [1.54, 1.807) is 38.7 Å². The number of carbonyl (C=O) groups excluding carboxylic acids is 3. The number of Topliss-reactive ketones (excluding diaryl/α,β-unsaturated/α-hetero) is 1. The second-order valence-corrected chi connectivity index (χ2v) is 20.8. The van der Waals surface area contributed by atoms with Gasteiger partial charge in [-0.05, 0) is 38.1 Å². The van der Waals surface area contributed by atoms with Crippen molar-refractivity contribution in [2.75, 3.05) is 43.5 Å². The second-order valence-electron chi connectivity index (χ2n) is 20.8. The van der Waals surface area contributed by atoms with Gasteiger partial charge < -0.3 is 59.8 Å². The van der Waals surface area contributed by atoms with E-state index >= 15 is 8.78 Å². The largest absolute Gasteiger partial charge is 0.507 e. The molecule has 0 spiro atoms. The summed E-state index contributed by atoms with van der Waals surface area (Å²) in [5.41, 5.74) is -3.37. The van der Waals surface area contributed by atoms with Gasteiger partial charge in [0.25, 0.3) is 11.7 Å². The van der Waals surface area contributed by atoms with Gasteiger partial charge in [0.05, 0.1) is 52.3 Å².